The Morgan fingerprint density at radius 2 is 1.52 bits per heavy atom. The van der Waals surface area contributed by atoms with Crippen LogP contribution in [0.4, 0.5) is 0 Å². The van der Waals surface area contributed by atoms with Crippen LogP contribution < -0.4 is 0 Å². The molecule has 1 aliphatic rings. The van der Waals surface area contributed by atoms with Crippen molar-refractivity contribution < 1.29 is 19.1 Å². The van der Waals surface area contributed by atoms with Crippen LogP contribution >= 0.6 is 0 Å². The van der Waals surface area contributed by atoms with E-state index in [1.54, 1.807) is 0 Å². The third-order valence-electron chi connectivity index (χ3n) is 4.25. The fourth-order valence-corrected chi connectivity index (χ4v) is 2.94. The number of esters is 1. The minimum atomic E-state index is -0.900. The smallest absolute Gasteiger partial charge is 0.303 e. The summed E-state index contributed by atoms with van der Waals surface area (Å²) in [5, 5.41) is 0. The van der Waals surface area contributed by atoms with Gasteiger partial charge in [-0.05, 0) is 6.42 Å². The molecule has 1 fully saturated rings. The maximum atomic E-state index is 12.0. The van der Waals surface area contributed by atoms with Crippen LogP contribution in [0.25, 0.3) is 0 Å². The second-order valence-corrected chi connectivity index (χ2v) is 6.37. The molecule has 1 atom stereocenters. The van der Waals surface area contributed by atoms with Crippen molar-refractivity contribution in [2.45, 2.75) is 90.6 Å². The minimum absolute atomic E-state index is 0.00380. The SMILES string of the molecule is CCCCCCCCCCCCN1C(=O)CC(OC(C)=O)C1=O. The predicted molar refractivity (Wildman–Crippen MR) is 88.7 cm³/mol. The van der Waals surface area contributed by atoms with E-state index in [0.717, 1.165) is 19.3 Å². The highest BCUT2D eigenvalue weighted by atomic mass is 16.5. The zero-order chi connectivity index (χ0) is 17.1. The number of likely N-dealkylation sites (tertiary alicyclic amines) is 1. The highest BCUT2D eigenvalue weighted by Crippen LogP contribution is 2.18. The van der Waals surface area contributed by atoms with Crippen LogP contribution in [0.1, 0.15) is 84.5 Å². The molecule has 1 heterocycles. The van der Waals surface area contributed by atoms with Crippen molar-refractivity contribution in [2.24, 2.45) is 0 Å². The van der Waals surface area contributed by atoms with Gasteiger partial charge in [-0.3, -0.25) is 19.3 Å². The van der Waals surface area contributed by atoms with Crippen molar-refractivity contribution in [3.8, 4) is 0 Å². The molecule has 5 nitrogen and oxygen atoms in total. The summed E-state index contributed by atoms with van der Waals surface area (Å²) in [4.78, 5) is 35.9. The molecular weight excluding hydrogens is 294 g/mol. The Kier molecular flexibility index (Phi) is 9.57. The first-order valence-electron chi connectivity index (χ1n) is 9.07. The van der Waals surface area contributed by atoms with E-state index in [2.05, 4.69) is 6.92 Å². The van der Waals surface area contributed by atoms with Crippen LogP contribution in [-0.2, 0) is 19.1 Å². The normalized spacial score (nSPS) is 17.8. The second-order valence-electron chi connectivity index (χ2n) is 6.37. The zero-order valence-corrected chi connectivity index (χ0v) is 14.6. The fourth-order valence-electron chi connectivity index (χ4n) is 2.94. The van der Waals surface area contributed by atoms with Gasteiger partial charge in [-0.1, -0.05) is 64.7 Å². The number of ether oxygens (including phenoxy) is 1. The summed E-state index contributed by atoms with van der Waals surface area (Å²) in [6.07, 6.45) is 11.2. The molecule has 1 saturated heterocycles. The Morgan fingerprint density at radius 3 is 2.04 bits per heavy atom. The molecular formula is C18H31NO4. The lowest BCUT2D eigenvalue weighted by Gasteiger charge is -2.14. The van der Waals surface area contributed by atoms with E-state index in [9.17, 15) is 14.4 Å². The maximum absolute atomic E-state index is 12.0. The Hall–Kier alpha value is -1.39. The highest BCUT2D eigenvalue weighted by Gasteiger charge is 2.40. The van der Waals surface area contributed by atoms with Crippen molar-refractivity contribution >= 4 is 17.8 Å². The summed E-state index contributed by atoms with van der Waals surface area (Å²) in [7, 11) is 0. The number of imide groups is 1. The first-order chi connectivity index (χ1) is 11.1. The van der Waals surface area contributed by atoms with Crippen LogP contribution in [0.2, 0.25) is 0 Å². The number of hydrogen-bond donors (Lipinski definition) is 0. The van der Waals surface area contributed by atoms with Crippen LogP contribution in [0.3, 0.4) is 0 Å². The molecule has 0 aliphatic carbocycles. The molecule has 1 aliphatic heterocycles. The summed E-state index contributed by atoms with van der Waals surface area (Å²) >= 11 is 0. The molecule has 0 saturated carbocycles. The highest BCUT2D eigenvalue weighted by molar-refractivity contribution is 6.05. The van der Waals surface area contributed by atoms with E-state index in [1.807, 2.05) is 0 Å². The lowest BCUT2D eigenvalue weighted by molar-refractivity contribution is -0.154. The van der Waals surface area contributed by atoms with Gasteiger partial charge in [0.15, 0.2) is 6.10 Å². The number of rotatable bonds is 12. The standard InChI is InChI=1S/C18H31NO4/c1-3-4-5-6-7-8-9-10-11-12-13-19-17(21)14-16(18(19)22)23-15(2)20/h16H,3-14H2,1-2H3. The molecule has 0 bridgehead atoms. The lowest BCUT2D eigenvalue weighted by atomic mass is 10.1. The number of nitrogens with zero attached hydrogens (tertiary/aromatic N) is 1. The molecule has 0 spiro atoms. The topological polar surface area (TPSA) is 63.7 Å². The first kappa shape index (κ1) is 19.7. The predicted octanol–water partition coefficient (Wildman–Crippen LogP) is 3.60. The monoisotopic (exact) mass is 325 g/mol. The van der Waals surface area contributed by atoms with E-state index in [0.29, 0.717) is 6.54 Å². The summed E-state index contributed by atoms with van der Waals surface area (Å²) in [6, 6.07) is 0. The first-order valence-corrected chi connectivity index (χ1v) is 9.07. The van der Waals surface area contributed by atoms with Gasteiger partial charge in [0.1, 0.15) is 0 Å². The summed E-state index contributed by atoms with van der Waals surface area (Å²) < 4.78 is 4.87. The Labute approximate surface area is 139 Å². The largest absolute Gasteiger partial charge is 0.452 e. The van der Waals surface area contributed by atoms with Gasteiger partial charge in [-0.15, -0.1) is 0 Å². The lowest BCUT2D eigenvalue weighted by Crippen LogP contribution is -2.34. The van der Waals surface area contributed by atoms with E-state index in [4.69, 9.17) is 4.74 Å². The molecule has 0 aromatic carbocycles. The summed E-state index contributed by atoms with van der Waals surface area (Å²) in [6.45, 7) is 3.93. The summed E-state index contributed by atoms with van der Waals surface area (Å²) in [5.74, 6) is -1.10. The number of hydrogen-bond acceptors (Lipinski definition) is 4. The van der Waals surface area contributed by atoms with Crippen LogP contribution in [0, 0.1) is 0 Å². The molecule has 1 rings (SSSR count). The molecule has 0 aromatic rings. The Balaban J connectivity index is 2.06. The molecule has 2 amide bonds. The Bertz CT molecular complexity index is 394. The van der Waals surface area contributed by atoms with Crippen molar-refractivity contribution in [1.82, 2.24) is 4.90 Å². The van der Waals surface area contributed by atoms with Gasteiger partial charge in [0, 0.05) is 13.5 Å². The number of amides is 2. The molecule has 1 unspecified atom stereocenters. The van der Waals surface area contributed by atoms with Gasteiger partial charge in [-0.2, -0.15) is 0 Å². The van der Waals surface area contributed by atoms with Crippen LogP contribution in [-0.4, -0.2) is 35.3 Å². The number of carbonyl (C=O) groups excluding carboxylic acids is 3. The van der Waals surface area contributed by atoms with Crippen molar-refractivity contribution in [1.29, 1.82) is 0 Å². The van der Waals surface area contributed by atoms with Crippen LogP contribution in [0.5, 0.6) is 0 Å². The number of carbonyl (C=O) groups is 3. The van der Waals surface area contributed by atoms with E-state index < -0.39 is 12.1 Å². The average Bonchev–Trinajstić information content (AvgIpc) is 2.75. The molecule has 0 aromatic heterocycles. The second kappa shape index (κ2) is 11.2. The van der Waals surface area contributed by atoms with E-state index in [-0.39, 0.29) is 18.2 Å². The Morgan fingerprint density at radius 1 is 1.00 bits per heavy atom. The van der Waals surface area contributed by atoms with E-state index >= 15 is 0 Å². The van der Waals surface area contributed by atoms with Crippen molar-refractivity contribution in [3.05, 3.63) is 0 Å². The van der Waals surface area contributed by atoms with Gasteiger partial charge < -0.3 is 4.74 Å². The van der Waals surface area contributed by atoms with Gasteiger partial charge in [0.2, 0.25) is 5.91 Å². The number of unbranched alkanes of at least 4 members (excludes halogenated alkanes) is 9. The third-order valence-corrected chi connectivity index (χ3v) is 4.25. The molecule has 0 radical (unpaired) electrons. The van der Waals surface area contributed by atoms with E-state index in [1.165, 1.54) is 56.8 Å². The maximum Gasteiger partial charge on any atom is 0.303 e. The van der Waals surface area contributed by atoms with Gasteiger partial charge in [0.05, 0.1) is 6.42 Å². The van der Waals surface area contributed by atoms with Crippen molar-refractivity contribution in [3.63, 3.8) is 0 Å². The zero-order valence-electron chi connectivity index (χ0n) is 14.6. The fraction of sp³-hybridized carbons (Fsp3) is 0.833. The molecule has 132 valence electrons. The quantitative estimate of drug-likeness (QED) is 0.312. The summed E-state index contributed by atoms with van der Waals surface area (Å²) in [5.41, 5.74) is 0. The average molecular weight is 325 g/mol. The van der Waals surface area contributed by atoms with Gasteiger partial charge in [-0.25, -0.2) is 0 Å². The van der Waals surface area contributed by atoms with Crippen LogP contribution in [0.15, 0.2) is 0 Å². The van der Waals surface area contributed by atoms with Crippen molar-refractivity contribution in [2.75, 3.05) is 6.54 Å². The molecule has 0 N–H and O–H groups in total. The van der Waals surface area contributed by atoms with Gasteiger partial charge >= 0.3 is 5.97 Å². The minimum Gasteiger partial charge on any atom is -0.452 e. The third kappa shape index (κ3) is 7.62. The molecule has 23 heavy (non-hydrogen) atoms. The molecule has 5 heteroatoms. The van der Waals surface area contributed by atoms with Gasteiger partial charge in [0.25, 0.3) is 5.91 Å².